The molecule has 96 valence electrons. The highest BCUT2D eigenvalue weighted by Crippen LogP contribution is 2.10. The summed E-state index contributed by atoms with van der Waals surface area (Å²) < 4.78 is 25.3. The molecule has 0 saturated carbocycles. The zero-order chi connectivity index (χ0) is 13.1. The number of aromatic nitrogens is 2. The molecule has 1 unspecified atom stereocenters. The molecule has 9 heteroatoms. The number of hydrogen-bond acceptors (Lipinski definition) is 5. The number of nitrogens with zero attached hydrogens (tertiary/aromatic N) is 1. The fourth-order valence-electron chi connectivity index (χ4n) is 1.11. The van der Waals surface area contributed by atoms with Crippen molar-refractivity contribution in [2.75, 3.05) is 6.54 Å². The first-order valence-electron chi connectivity index (χ1n) is 4.65. The van der Waals surface area contributed by atoms with E-state index in [0.717, 1.165) is 6.20 Å². The van der Waals surface area contributed by atoms with Crippen LogP contribution < -0.4 is 4.72 Å². The summed E-state index contributed by atoms with van der Waals surface area (Å²) in [4.78, 5) is 10.3. The summed E-state index contributed by atoms with van der Waals surface area (Å²) in [5.41, 5.74) is -1.65. The Kier molecular flexibility index (Phi) is 3.86. The van der Waals surface area contributed by atoms with Crippen LogP contribution in [0.1, 0.15) is 13.3 Å². The quantitative estimate of drug-likeness (QED) is 0.515. The van der Waals surface area contributed by atoms with Gasteiger partial charge in [0.2, 0.25) is 10.0 Å². The van der Waals surface area contributed by atoms with Crippen LogP contribution in [-0.4, -0.2) is 46.9 Å². The third-order valence-corrected chi connectivity index (χ3v) is 3.33. The van der Waals surface area contributed by atoms with Crippen molar-refractivity contribution in [2.45, 2.75) is 23.8 Å². The SMILES string of the molecule is CC(O)(CNS(=O)(=O)c1cn[nH]c1)CC(=O)O. The third-order valence-electron chi connectivity index (χ3n) is 1.96. The first-order valence-corrected chi connectivity index (χ1v) is 6.14. The predicted molar refractivity (Wildman–Crippen MR) is 56.7 cm³/mol. The van der Waals surface area contributed by atoms with E-state index >= 15 is 0 Å². The Labute approximate surface area is 97.7 Å². The first-order chi connectivity index (χ1) is 7.73. The van der Waals surface area contributed by atoms with Crippen molar-refractivity contribution in [3.05, 3.63) is 12.4 Å². The molecule has 4 N–H and O–H groups in total. The van der Waals surface area contributed by atoms with Crippen molar-refractivity contribution < 1.29 is 23.4 Å². The van der Waals surface area contributed by atoms with E-state index in [4.69, 9.17) is 5.11 Å². The molecule has 0 radical (unpaired) electrons. The summed E-state index contributed by atoms with van der Waals surface area (Å²) in [5.74, 6) is -1.21. The van der Waals surface area contributed by atoms with Crippen molar-refractivity contribution in [3.63, 3.8) is 0 Å². The van der Waals surface area contributed by atoms with Crippen LogP contribution in [0.25, 0.3) is 0 Å². The van der Waals surface area contributed by atoms with Gasteiger partial charge in [0.05, 0.1) is 18.2 Å². The zero-order valence-corrected chi connectivity index (χ0v) is 9.86. The van der Waals surface area contributed by atoms with E-state index in [-0.39, 0.29) is 4.90 Å². The number of sulfonamides is 1. The van der Waals surface area contributed by atoms with Gasteiger partial charge < -0.3 is 10.2 Å². The number of carboxylic acid groups (broad SMARTS) is 1. The monoisotopic (exact) mass is 263 g/mol. The van der Waals surface area contributed by atoms with Gasteiger partial charge in [0.1, 0.15) is 4.90 Å². The lowest BCUT2D eigenvalue weighted by Crippen LogP contribution is -2.42. The summed E-state index contributed by atoms with van der Waals surface area (Å²) in [7, 11) is -3.78. The molecular formula is C8H13N3O5S. The molecule has 1 rings (SSSR count). The van der Waals surface area contributed by atoms with E-state index in [1.165, 1.54) is 13.1 Å². The van der Waals surface area contributed by atoms with E-state index in [0.29, 0.717) is 0 Å². The minimum absolute atomic E-state index is 0.0800. The van der Waals surface area contributed by atoms with Crippen LogP contribution >= 0.6 is 0 Å². The maximum absolute atomic E-state index is 11.6. The number of aliphatic hydroxyl groups is 1. The molecule has 0 aromatic carbocycles. The Hall–Kier alpha value is -1.45. The van der Waals surface area contributed by atoms with E-state index in [1.807, 2.05) is 0 Å². The molecule has 0 spiro atoms. The van der Waals surface area contributed by atoms with Crippen LogP contribution in [0.2, 0.25) is 0 Å². The molecule has 0 saturated heterocycles. The number of nitrogens with one attached hydrogen (secondary N) is 2. The van der Waals surface area contributed by atoms with E-state index in [2.05, 4.69) is 14.9 Å². The van der Waals surface area contributed by atoms with Crippen LogP contribution in [0.3, 0.4) is 0 Å². The number of aliphatic carboxylic acids is 1. The van der Waals surface area contributed by atoms with Crippen molar-refractivity contribution >= 4 is 16.0 Å². The molecule has 1 aromatic rings. The number of carbonyl (C=O) groups is 1. The topological polar surface area (TPSA) is 132 Å². The third kappa shape index (κ3) is 4.13. The Morgan fingerprint density at radius 2 is 2.29 bits per heavy atom. The maximum atomic E-state index is 11.6. The van der Waals surface area contributed by atoms with Crippen LogP contribution in [0.5, 0.6) is 0 Å². The van der Waals surface area contributed by atoms with Crippen LogP contribution in [0, 0.1) is 0 Å². The Bertz CT molecular complexity index is 479. The predicted octanol–water partition coefficient (Wildman–Crippen LogP) is -1.09. The molecule has 0 aliphatic heterocycles. The van der Waals surface area contributed by atoms with Gasteiger partial charge in [-0.25, -0.2) is 13.1 Å². The maximum Gasteiger partial charge on any atom is 0.306 e. The normalized spacial score (nSPS) is 15.4. The first kappa shape index (κ1) is 13.6. The number of carboxylic acids is 1. The molecule has 0 amide bonds. The number of rotatable bonds is 6. The highest BCUT2D eigenvalue weighted by molar-refractivity contribution is 7.89. The van der Waals surface area contributed by atoms with Crippen LogP contribution in [0.15, 0.2) is 17.3 Å². The summed E-state index contributed by atoms with van der Waals surface area (Å²) in [6, 6.07) is 0. The van der Waals surface area contributed by atoms with Crippen LogP contribution in [-0.2, 0) is 14.8 Å². The Morgan fingerprint density at radius 3 is 2.76 bits per heavy atom. The minimum atomic E-state index is -3.78. The molecule has 8 nitrogen and oxygen atoms in total. The van der Waals surface area contributed by atoms with Crippen LogP contribution in [0.4, 0.5) is 0 Å². The van der Waals surface area contributed by atoms with Gasteiger partial charge in [0.15, 0.2) is 0 Å². The smallest absolute Gasteiger partial charge is 0.306 e. The molecule has 17 heavy (non-hydrogen) atoms. The molecule has 1 aromatic heterocycles. The van der Waals surface area contributed by atoms with Gasteiger partial charge >= 0.3 is 5.97 Å². The van der Waals surface area contributed by atoms with Gasteiger partial charge in [-0.2, -0.15) is 5.10 Å². The number of aromatic amines is 1. The van der Waals surface area contributed by atoms with Gasteiger partial charge in [0.25, 0.3) is 0 Å². The lowest BCUT2D eigenvalue weighted by atomic mass is 10.0. The average Bonchev–Trinajstić information content (AvgIpc) is 2.66. The summed E-state index contributed by atoms with van der Waals surface area (Å²) in [6.07, 6.45) is 1.73. The summed E-state index contributed by atoms with van der Waals surface area (Å²) >= 11 is 0. The second-order valence-electron chi connectivity index (χ2n) is 3.83. The van der Waals surface area contributed by atoms with E-state index < -0.39 is 34.6 Å². The minimum Gasteiger partial charge on any atom is -0.481 e. The lowest BCUT2D eigenvalue weighted by Gasteiger charge is -2.21. The fraction of sp³-hybridized carbons (Fsp3) is 0.500. The van der Waals surface area contributed by atoms with Gasteiger partial charge in [0, 0.05) is 12.7 Å². The van der Waals surface area contributed by atoms with E-state index in [1.54, 1.807) is 0 Å². The van der Waals surface area contributed by atoms with E-state index in [9.17, 15) is 18.3 Å². The van der Waals surface area contributed by atoms with Crippen molar-refractivity contribution in [2.24, 2.45) is 0 Å². The summed E-state index contributed by atoms with van der Waals surface area (Å²) in [5, 5.41) is 23.9. The summed E-state index contributed by atoms with van der Waals surface area (Å²) in [6.45, 7) is 0.839. The molecule has 0 fully saturated rings. The standard InChI is InChI=1S/C8H13N3O5S/c1-8(14,2-7(12)13)5-11-17(15,16)6-3-9-10-4-6/h3-4,11,14H,2,5H2,1H3,(H,9,10)(H,12,13). The average molecular weight is 263 g/mol. The molecular weight excluding hydrogens is 250 g/mol. The second-order valence-corrected chi connectivity index (χ2v) is 5.59. The second kappa shape index (κ2) is 4.82. The zero-order valence-electron chi connectivity index (χ0n) is 9.04. The molecule has 1 atom stereocenters. The number of H-pyrrole nitrogens is 1. The molecule has 1 heterocycles. The largest absolute Gasteiger partial charge is 0.481 e. The van der Waals surface area contributed by atoms with Gasteiger partial charge in [-0.3, -0.25) is 9.89 Å². The molecule has 0 bridgehead atoms. The fourth-order valence-corrected chi connectivity index (χ4v) is 2.18. The van der Waals surface area contributed by atoms with Crippen molar-refractivity contribution in [1.82, 2.24) is 14.9 Å². The molecule has 0 aliphatic rings. The molecule has 0 aliphatic carbocycles. The Morgan fingerprint density at radius 1 is 1.65 bits per heavy atom. The highest BCUT2D eigenvalue weighted by atomic mass is 32.2. The van der Waals surface area contributed by atoms with Gasteiger partial charge in [-0.05, 0) is 6.92 Å². The number of hydrogen-bond donors (Lipinski definition) is 4. The highest BCUT2D eigenvalue weighted by Gasteiger charge is 2.27. The Balaban J connectivity index is 2.65. The lowest BCUT2D eigenvalue weighted by molar-refractivity contribution is -0.141. The van der Waals surface area contributed by atoms with Crippen molar-refractivity contribution in [3.8, 4) is 0 Å². The van der Waals surface area contributed by atoms with Gasteiger partial charge in [-0.1, -0.05) is 0 Å². The van der Waals surface area contributed by atoms with Gasteiger partial charge in [-0.15, -0.1) is 0 Å². The van der Waals surface area contributed by atoms with Crippen molar-refractivity contribution in [1.29, 1.82) is 0 Å².